The van der Waals surface area contributed by atoms with E-state index in [2.05, 4.69) is 31.4 Å². The average Bonchev–Trinajstić information content (AvgIpc) is 2.64. The van der Waals surface area contributed by atoms with Gasteiger partial charge in [-0.1, -0.05) is 26.8 Å². The number of amides is 3. The van der Waals surface area contributed by atoms with Crippen LogP contribution in [-0.4, -0.2) is 18.5 Å². The zero-order valence-electron chi connectivity index (χ0n) is 11.9. The molecule has 2 heterocycles. The van der Waals surface area contributed by atoms with Crippen molar-refractivity contribution in [1.82, 2.24) is 10.6 Å². The van der Waals surface area contributed by atoms with Crippen molar-refractivity contribution in [2.75, 3.05) is 6.61 Å². The Morgan fingerprint density at radius 2 is 2.00 bits per heavy atom. The first kappa shape index (κ1) is 13.0. The highest BCUT2D eigenvalue weighted by molar-refractivity contribution is 6.07. The van der Waals surface area contributed by atoms with Gasteiger partial charge in [-0.3, -0.25) is 10.1 Å². The van der Waals surface area contributed by atoms with E-state index in [-0.39, 0.29) is 11.3 Å². The molecule has 1 unspecified atom stereocenters. The van der Waals surface area contributed by atoms with Gasteiger partial charge in [0.1, 0.15) is 5.75 Å². The van der Waals surface area contributed by atoms with E-state index in [4.69, 9.17) is 4.74 Å². The summed E-state index contributed by atoms with van der Waals surface area (Å²) in [5, 5.41) is 5.11. The van der Waals surface area contributed by atoms with Crippen LogP contribution in [0.15, 0.2) is 18.2 Å². The molecule has 5 heteroatoms. The van der Waals surface area contributed by atoms with Gasteiger partial charge in [-0.05, 0) is 23.1 Å². The molecule has 3 rings (SSSR count). The van der Waals surface area contributed by atoms with Crippen LogP contribution in [0.1, 0.15) is 38.3 Å². The molecule has 0 aromatic heterocycles. The molecule has 0 aliphatic carbocycles. The lowest BCUT2D eigenvalue weighted by Gasteiger charge is -2.34. The minimum absolute atomic E-state index is 0.0350. The normalized spacial score (nSPS) is 24.9. The van der Waals surface area contributed by atoms with Gasteiger partial charge in [0.2, 0.25) is 0 Å². The largest absolute Gasteiger partial charge is 0.493 e. The van der Waals surface area contributed by atoms with Gasteiger partial charge < -0.3 is 10.1 Å². The fourth-order valence-corrected chi connectivity index (χ4v) is 2.76. The molecule has 106 valence electrons. The minimum Gasteiger partial charge on any atom is -0.493 e. The molecule has 1 fully saturated rings. The second-order valence-corrected chi connectivity index (χ2v) is 6.37. The van der Waals surface area contributed by atoms with Crippen molar-refractivity contribution < 1.29 is 14.3 Å². The standard InChI is InChI=1S/C15H18N2O3/c1-14(2,3)9-4-5-11-10(8-9)15(6-7-20-11)12(18)16-13(19)17-15/h4-5,8H,6-7H2,1-3H3,(H2,16,17,18,19). The zero-order valence-corrected chi connectivity index (χ0v) is 11.9. The van der Waals surface area contributed by atoms with Crippen LogP contribution in [0.3, 0.4) is 0 Å². The number of nitrogens with one attached hydrogen (secondary N) is 2. The number of urea groups is 1. The summed E-state index contributed by atoms with van der Waals surface area (Å²) in [6, 6.07) is 5.42. The van der Waals surface area contributed by atoms with Crippen LogP contribution < -0.4 is 15.4 Å². The van der Waals surface area contributed by atoms with Crippen LogP contribution in [0.4, 0.5) is 4.79 Å². The van der Waals surface area contributed by atoms with Gasteiger partial charge in [0.15, 0.2) is 5.54 Å². The molecule has 3 amide bonds. The summed E-state index contributed by atoms with van der Waals surface area (Å²) >= 11 is 0. The number of ether oxygens (including phenoxy) is 1. The number of rotatable bonds is 0. The van der Waals surface area contributed by atoms with E-state index < -0.39 is 11.6 Å². The monoisotopic (exact) mass is 274 g/mol. The van der Waals surface area contributed by atoms with Gasteiger partial charge >= 0.3 is 6.03 Å². The quantitative estimate of drug-likeness (QED) is 0.709. The molecule has 5 nitrogen and oxygen atoms in total. The first-order chi connectivity index (χ1) is 9.33. The summed E-state index contributed by atoms with van der Waals surface area (Å²) in [6.45, 7) is 6.74. The molecule has 2 N–H and O–H groups in total. The summed E-state index contributed by atoms with van der Waals surface area (Å²) in [5.41, 5.74) is 0.841. The predicted octanol–water partition coefficient (Wildman–Crippen LogP) is 1.80. The SMILES string of the molecule is CC(C)(C)c1ccc2c(c1)C1(CCO2)NC(=O)NC1=O. The van der Waals surface area contributed by atoms with Crippen LogP contribution in [0, 0.1) is 0 Å². The molecule has 0 saturated carbocycles. The molecule has 1 aromatic carbocycles. The lowest BCUT2D eigenvalue weighted by atomic mass is 9.79. The van der Waals surface area contributed by atoms with Crippen LogP contribution >= 0.6 is 0 Å². The molecular weight excluding hydrogens is 256 g/mol. The van der Waals surface area contributed by atoms with Gasteiger partial charge in [-0.2, -0.15) is 0 Å². The maximum Gasteiger partial charge on any atom is 0.322 e. The Labute approximate surface area is 117 Å². The van der Waals surface area contributed by atoms with Crippen molar-refractivity contribution in [3.05, 3.63) is 29.3 Å². The molecule has 0 radical (unpaired) electrons. The van der Waals surface area contributed by atoms with Crippen LogP contribution in [0.5, 0.6) is 5.75 Å². The van der Waals surface area contributed by atoms with Crippen LogP contribution in [-0.2, 0) is 15.7 Å². The average molecular weight is 274 g/mol. The van der Waals surface area contributed by atoms with E-state index in [1.165, 1.54) is 0 Å². The van der Waals surface area contributed by atoms with E-state index >= 15 is 0 Å². The van der Waals surface area contributed by atoms with E-state index in [0.29, 0.717) is 18.8 Å². The topological polar surface area (TPSA) is 67.4 Å². The first-order valence-corrected chi connectivity index (χ1v) is 6.74. The molecule has 1 spiro atoms. The van der Waals surface area contributed by atoms with Crippen molar-refractivity contribution in [2.24, 2.45) is 0 Å². The van der Waals surface area contributed by atoms with Gasteiger partial charge in [-0.15, -0.1) is 0 Å². The Balaban J connectivity index is 2.17. The van der Waals surface area contributed by atoms with E-state index in [1.807, 2.05) is 18.2 Å². The molecular formula is C15H18N2O3. The minimum atomic E-state index is -0.980. The summed E-state index contributed by atoms with van der Waals surface area (Å²) in [4.78, 5) is 23.8. The smallest absolute Gasteiger partial charge is 0.322 e. The number of carbonyl (C=O) groups is 2. The van der Waals surface area contributed by atoms with Crippen molar-refractivity contribution in [3.63, 3.8) is 0 Å². The Morgan fingerprint density at radius 3 is 2.60 bits per heavy atom. The Hall–Kier alpha value is -2.04. The Bertz CT molecular complexity index is 604. The van der Waals surface area contributed by atoms with Crippen LogP contribution in [0.25, 0.3) is 0 Å². The van der Waals surface area contributed by atoms with Gasteiger partial charge in [-0.25, -0.2) is 4.79 Å². The number of imide groups is 1. The van der Waals surface area contributed by atoms with E-state index in [1.54, 1.807) is 0 Å². The highest BCUT2D eigenvalue weighted by atomic mass is 16.5. The summed E-state index contributed by atoms with van der Waals surface area (Å²) < 4.78 is 5.63. The Kier molecular flexibility index (Phi) is 2.58. The molecule has 0 bridgehead atoms. The lowest BCUT2D eigenvalue weighted by Crippen LogP contribution is -2.47. The second kappa shape index (κ2) is 3.98. The second-order valence-electron chi connectivity index (χ2n) is 6.37. The highest BCUT2D eigenvalue weighted by Gasteiger charge is 2.51. The molecule has 2 aliphatic heterocycles. The van der Waals surface area contributed by atoms with Gasteiger partial charge in [0.05, 0.1) is 6.61 Å². The first-order valence-electron chi connectivity index (χ1n) is 6.74. The third kappa shape index (κ3) is 1.77. The zero-order chi connectivity index (χ0) is 14.5. The lowest BCUT2D eigenvalue weighted by molar-refractivity contribution is -0.125. The summed E-state index contributed by atoms with van der Waals surface area (Å²) in [7, 11) is 0. The number of carbonyl (C=O) groups excluding carboxylic acids is 2. The Morgan fingerprint density at radius 1 is 1.25 bits per heavy atom. The summed E-state index contributed by atoms with van der Waals surface area (Å²) in [5.74, 6) is 0.375. The highest BCUT2D eigenvalue weighted by Crippen LogP contribution is 2.41. The third-order valence-electron chi connectivity index (χ3n) is 3.98. The van der Waals surface area contributed by atoms with E-state index in [9.17, 15) is 9.59 Å². The number of benzene rings is 1. The van der Waals surface area contributed by atoms with Crippen molar-refractivity contribution in [1.29, 1.82) is 0 Å². The molecule has 1 atom stereocenters. The number of hydrogen-bond acceptors (Lipinski definition) is 3. The van der Waals surface area contributed by atoms with Crippen LogP contribution in [0.2, 0.25) is 0 Å². The predicted molar refractivity (Wildman–Crippen MR) is 73.6 cm³/mol. The van der Waals surface area contributed by atoms with Crippen molar-refractivity contribution >= 4 is 11.9 Å². The van der Waals surface area contributed by atoms with Crippen molar-refractivity contribution in [2.45, 2.75) is 38.1 Å². The molecule has 2 aliphatic rings. The van der Waals surface area contributed by atoms with Gasteiger partial charge in [0.25, 0.3) is 5.91 Å². The maximum absolute atomic E-state index is 12.2. The van der Waals surface area contributed by atoms with E-state index in [0.717, 1.165) is 11.1 Å². The molecule has 20 heavy (non-hydrogen) atoms. The van der Waals surface area contributed by atoms with Gasteiger partial charge in [0, 0.05) is 12.0 Å². The van der Waals surface area contributed by atoms with Crippen molar-refractivity contribution in [3.8, 4) is 5.75 Å². The molecule has 1 aromatic rings. The summed E-state index contributed by atoms with van der Waals surface area (Å²) in [6.07, 6.45) is 0.450. The third-order valence-corrected chi connectivity index (χ3v) is 3.98. The molecule has 1 saturated heterocycles. The maximum atomic E-state index is 12.2. The fraction of sp³-hybridized carbons (Fsp3) is 0.467. The fourth-order valence-electron chi connectivity index (χ4n) is 2.76. The number of fused-ring (bicyclic) bond motifs is 2. The number of hydrogen-bond donors (Lipinski definition) is 2.